The van der Waals surface area contributed by atoms with Gasteiger partial charge in [0.05, 0.1) is 12.0 Å². The summed E-state index contributed by atoms with van der Waals surface area (Å²) in [5, 5.41) is 3.51. The van der Waals surface area contributed by atoms with Crippen molar-refractivity contribution < 1.29 is 9.59 Å². The Hall–Kier alpha value is -1.83. The fraction of sp³-hybridized carbons (Fsp3) is 0.870. The molecule has 1 N–H and O–H groups in total. The van der Waals surface area contributed by atoms with Gasteiger partial charge in [0.15, 0.2) is 5.96 Å². The predicted octanol–water partition coefficient (Wildman–Crippen LogP) is 1.23. The molecule has 0 aromatic heterocycles. The smallest absolute Gasteiger partial charge is 0.236 e. The second-order valence-electron chi connectivity index (χ2n) is 9.65. The first kappa shape index (κ1) is 23.8. The van der Waals surface area contributed by atoms with Crippen molar-refractivity contribution in [2.75, 3.05) is 73.5 Å². The van der Waals surface area contributed by atoms with Crippen molar-refractivity contribution in [2.24, 2.45) is 10.4 Å². The molecule has 0 radical (unpaired) electrons. The first-order valence-electron chi connectivity index (χ1n) is 12.1. The number of guanidine groups is 1. The van der Waals surface area contributed by atoms with Gasteiger partial charge in [-0.05, 0) is 25.7 Å². The third-order valence-corrected chi connectivity index (χ3v) is 7.21. The summed E-state index contributed by atoms with van der Waals surface area (Å²) in [6.07, 6.45) is 8.89. The van der Waals surface area contributed by atoms with Crippen LogP contribution in [0.25, 0.3) is 0 Å². The van der Waals surface area contributed by atoms with Gasteiger partial charge >= 0.3 is 0 Å². The first-order chi connectivity index (χ1) is 14.9. The highest BCUT2D eigenvalue weighted by atomic mass is 16.2. The van der Waals surface area contributed by atoms with Crippen LogP contribution in [0, 0.1) is 5.41 Å². The van der Waals surface area contributed by atoms with E-state index in [2.05, 4.69) is 25.0 Å². The first-order valence-corrected chi connectivity index (χ1v) is 12.1. The maximum Gasteiger partial charge on any atom is 0.236 e. The number of likely N-dealkylation sites (tertiary alicyclic amines) is 1. The monoisotopic (exact) mass is 434 g/mol. The van der Waals surface area contributed by atoms with Crippen LogP contribution in [0.15, 0.2) is 4.99 Å². The number of carbonyl (C=O) groups excluding carboxylic acids is 2. The van der Waals surface area contributed by atoms with Gasteiger partial charge < -0.3 is 20.0 Å². The highest BCUT2D eigenvalue weighted by Gasteiger charge is 2.42. The van der Waals surface area contributed by atoms with Gasteiger partial charge in [-0.3, -0.25) is 19.5 Å². The number of carbonyl (C=O) groups is 2. The molecular weight excluding hydrogens is 392 g/mol. The van der Waals surface area contributed by atoms with E-state index in [4.69, 9.17) is 0 Å². The molecule has 2 aliphatic heterocycles. The molecule has 0 unspecified atom stereocenters. The number of piperazine rings is 1. The van der Waals surface area contributed by atoms with E-state index in [1.54, 1.807) is 4.90 Å². The van der Waals surface area contributed by atoms with E-state index < -0.39 is 0 Å². The summed E-state index contributed by atoms with van der Waals surface area (Å²) in [5.74, 6) is 1.38. The van der Waals surface area contributed by atoms with Crippen LogP contribution in [0.5, 0.6) is 0 Å². The predicted molar refractivity (Wildman–Crippen MR) is 124 cm³/mol. The van der Waals surface area contributed by atoms with Crippen molar-refractivity contribution in [1.82, 2.24) is 24.9 Å². The minimum absolute atomic E-state index is 0.227. The van der Waals surface area contributed by atoms with Crippen molar-refractivity contribution in [2.45, 2.75) is 51.4 Å². The highest BCUT2D eigenvalue weighted by molar-refractivity contribution is 5.85. The van der Waals surface area contributed by atoms with Gasteiger partial charge in [-0.1, -0.05) is 25.7 Å². The quantitative estimate of drug-likeness (QED) is 0.521. The van der Waals surface area contributed by atoms with Crippen molar-refractivity contribution in [1.29, 1.82) is 0 Å². The van der Waals surface area contributed by atoms with Gasteiger partial charge in [0, 0.05) is 67.0 Å². The summed E-state index contributed by atoms with van der Waals surface area (Å²) in [7, 11) is 5.51. The molecule has 2 amide bonds. The molecule has 8 heteroatoms. The van der Waals surface area contributed by atoms with Crippen LogP contribution < -0.4 is 5.32 Å². The van der Waals surface area contributed by atoms with Gasteiger partial charge in [-0.15, -0.1) is 0 Å². The number of rotatable bonds is 5. The van der Waals surface area contributed by atoms with E-state index >= 15 is 0 Å². The Morgan fingerprint density at radius 2 is 1.48 bits per heavy atom. The third kappa shape index (κ3) is 6.11. The average Bonchev–Trinajstić information content (AvgIpc) is 3.08. The lowest BCUT2D eigenvalue weighted by Crippen LogP contribution is -2.56. The van der Waals surface area contributed by atoms with Crippen LogP contribution >= 0.6 is 0 Å². The molecular formula is C23H42N6O2. The number of nitrogens with one attached hydrogen (secondary N) is 1. The summed E-state index contributed by atoms with van der Waals surface area (Å²) < 4.78 is 0. The molecule has 8 nitrogen and oxygen atoms in total. The van der Waals surface area contributed by atoms with Gasteiger partial charge in [-0.2, -0.15) is 0 Å². The topological polar surface area (TPSA) is 71.5 Å². The van der Waals surface area contributed by atoms with Crippen LogP contribution in [0.2, 0.25) is 0 Å². The Morgan fingerprint density at radius 3 is 2.03 bits per heavy atom. The van der Waals surface area contributed by atoms with E-state index in [0.717, 1.165) is 83.8 Å². The Balaban J connectivity index is 1.47. The second kappa shape index (κ2) is 11.2. The van der Waals surface area contributed by atoms with E-state index in [1.807, 2.05) is 21.1 Å². The van der Waals surface area contributed by atoms with E-state index in [1.165, 1.54) is 12.8 Å². The van der Waals surface area contributed by atoms with Gasteiger partial charge in [0.25, 0.3) is 0 Å². The lowest BCUT2D eigenvalue weighted by atomic mass is 9.84. The summed E-state index contributed by atoms with van der Waals surface area (Å²) in [6.45, 7) is 6.43. The largest absolute Gasteiger partial charge is 0.355 e. The molecule has 0 bridgehead atoms. The van der Waals surface area contributed by atoms with Crippen LogP contribution in [-0.2, 0) is 9.59 Å². The van der Waals surface area contributed by atoms with Crippen LogP contribution in [0.3, 0.4) is 0 Å². The van der Waals surface area contributed by atoms with Crippen LogP contribution in [0.1, 0.15) is 51.4 Å². The number of nitrogens with zero attached hydrogens (tertiary/aromatic N) is 5. The lowest BCUT2D eigenvalue weighted by molar-refractivity contribution is -0.139. The standard InChI is InChI=1S/C23H42N6O2/c1-24-22(25-19-23(10-6-7-11-23)21(31)26(2)3)29-16-14-27(15-17-29)18-20(30)28-12-8-4-5-9-13-28/h4-19H2,1-3H3,(H,24,25). The fourth-order valence-corrected chi connectivity index (χ4v) is 5.30. The fourth-order valence-electron chi connectivity index (χ4n) is 5.30. The molecule has 0 aromatic rings. The van der Waals surface area contributed by atoms with Crippen molar-refractivity contribution in [3.8, 4) is 0 Å². The molecule has 3 rings (SSSR count). The summed E-state index contributed by atoms with van der Waals surface area (Å²) in [5.41, 5.74) is -0.305. The van der Waals surface area contributed by atoms with E-state index in [-0.39, 0.29) is 17.2 Å². The molecule has 176 valence electrons. The van der Waals surface area contributed by atoms with Gasteiger partial charge in [0.1, 0.15) is 0 Å². The van der Waals surface area contributed by atoms with Crippen molar-refractivity contribution in [3.05, 3.63) is 0 Å². The molecule has 0 aromatic carbocycles. The Labute approximate surface area is 188 Å². The molecule has 0 atom stereocenters. The highest BCUT2D eigenvalue weighted by Crippen LogP contribution is 2.39. The van der Waals surface area contributed by atoms with Crippen LogP contribution in [0.4, 0.5) is 0 Å². The molecule has 1 aliphatic carbocycles. The molecule has 1 saturated carbocycles. The summed E-state index contributed by atoms with van der Waals surface area (Å²) >= 11 is 0. The number of hydrogen-bond acceptors (Lipinski definition) is 4. The maximum absolute atomic E-state index is 12.8. The Bertz CT molecular complexity index is 628. The molecule has 3 aliphatic rings. The van der Waals surface area contributed by atoms with Gasteiger partial charge in [0.2, 0.25) is 11.8 Å². The third-order valence-electron chi connectivity index (χ3n) is 7.21. The van der Waals surface area contributed by atoms with Gasteiger partial charge in [-0.25, -0.2) is 0 Å². The van der Waals surface area contributed by atoms with E-state index in [0.29, 0.717) is 13.1 Å². The average molecular weight is 435 g/mol. The molecule has 31 heavy (non-hydrogen) atoms. The molecule has 3 fully saturated rings. The van der Waals surface area contributed by atoms with E-state index in [9.17, 15) is 9.59 Å². The van der Waals surface area contributed by atoms with Crippen molar-refractivity contribution >= 4 is 17.8 Å². The summed E-state index contributed by atoms with van der Waals surface area (Å²) in [6, 6.07) is 0. The second-order valence-corrected chi connectivity index (χ2v) is 9.65. The number of amides is 2. The normalized spacial score (nSPS) is 22.9. The molecule has 2 heterocycles. The lowest BCUT2D eigenvalue weighted by Gasteiger charge is -2.38. The summed E-state index contributed by atoms with van der Waals surface area (Å²) in [4.78, 5) is 38.3. The zero-order valence-corrected chi connectivity index (χ0v) is 19.9. The SMILES string of the molecule is CN=C(NCC1(C(=O)N(C)C)CCCC1)N1CCN(CC(=O)N2CCCCCC2)CC1. The minimum atomic E-state index is -0.305. The zero-order chi connectivity index (χ0) is 22.3. The van der Waals surface area contributed by atoms with Crippen LogP contribution in [-0.4, -0.2) is 111 Å². The zero-order valence-electron chi connectivity index (χ0n) is 19.9. The Kier molecular flexibility index (Phi) is 8.58. The Morgan fingerprint density at radius 1 is 0.871 bits per heavy atom. The number of hydrogen-bond donors (Lipinski definition) is 1. The minimum Gasteiger partial charge on any atom is -0.355 e. The number of aliphatic imine (C=N–C) groups is 1. The molecule has 2 saturated heterocycles. The van der Waals surface area contributed by atoms with Crippen molar-refractivity contribution in [3.63, 3.8) is 0 Å². The maximum atomic E-state index is 12.8. The molecule has 0 spiro atoms.